The lowest BCUT2D eigenvalue weighted by atomic mass is 10.1. The topological polar surface area (TPSA) is 63.8 Å². The smallest absolute Gasteiger partial charge is 0.0705 e. The van der Waals surface area contributed by atoms with E-state index in [1.165, 1.54) is 0 Å². The highest BCUT2D eigenvalue weighted by Gasteiger charge is 2.13. The van der Waals surface area contributed by atoms with Crippen LogP contribution in [0.15, 0.2) is 54.6 Å². The number of nitrogens with one attached hydrogen (secondary N) is 1. The molecule has 0 aliphatic heterocycles. The molecule has 21 heavy (non-hydrogen) atoms. The molecular formula is C17H18N4. The largest absolute Gasteiger partial charge is 0.271 e. The molecule has 2 heterocycles. The van der Waals surface area contributed by atoms with Crippen LogP contribution in [0.4, 0.5) is 0 Å². The van der Waals surface area contributed by atoms with Crippen molar-refractivity contribution in [1.29, 1.82) is 0 Å². The number of aryl methyl sites for hydroxylation is 1. The maximum absolute atomic E-state index is 5.70. The van der Waals surface area contributed by atoms with Gasteiger partial charge < -0.3 is 0 Å². The van der Waals surface area contributed by atoms with Crippen LogP contribution in [0.3, 0.4) is 0 Å². The van der Waals surface area contributed by atoms with E-state index in [1.807, 2.05) is 49.4 Å². The molecular weight excluding hydrogens is 260 g/mol. The van der Waals surface area contributed by atoms with Gasteiger partial charge in [-0.15, -0.1) is 0 Å². The molecule has 4 heteroatoms. The summed E-state index contributed by atoms with van der Waals surface area (Å²) in [6.07, 6.45) is 0.706. The molecule has 0 spiro atoms. The highest BCUT2D eigenvalue weighted by atomic mass is 15.2. The van der Waals surface area contributed by atoms with E-state index in [4.69, 9.17) is 5.84 Å². The van der Waals surface area contributed by atoms with E-state index >= 15 is 0 Å². The minimum Gasteiger partial charge on any atom is -0.271 e. The molecule has 3 rings (SSSR count). The average Bonchev–Trinajstić information content (AvgIpc) is 2.52. The summed E-state index contributed by atoms with van der Waals surface area (Å²) in [5.41, 5.74) is 6.77. The molecule has 0 amide bonds. The Kier molecular flexibility index (Phi) is 3.90. The number of hydrogen-bond donors (Lipinski definition) is 2. The fourth-order valence-corrected chi connectivity index (χ4v) is 2.44. The van der Waals surface area contributed by atoms with Crippen molar-refractivity contribution < 1.29 is 0 Å². The van der Waals surface area contributed by atoms with Gasteiger partial charge in [0.25, 0.3) is 0 Å². The second kappa shape index (κ2) is 5.99. The van der Waals surface area contributed by atoms with E-state index in [9.17, 15) is 0 Å². The van der Waals surface area contributed by atoms with E-state index in [-0.39, 0.29) is 6.04 Å². The molecule has 0 saturated heterocycles. The van der Waals surface area contributed by atoms with Crippen LogP contribution in [0.2, 0.25) is 0 Å². The Bertz CT molecular complexity index is 754. The minimum atomic E-state index is -0.0430. The van der Waals surface area contributed by atoms with Crippen molar-refractivity contribution in [2.45, 2.75) is 19.4 Å². The van der Waals surface area contributed by atoms with Crippen molar-refractivity contribution in [1.82, 2.24) is 15.4 Å². The number of aromatic nitrogens is 2. The first-order chi connectivity index (χ1) is 10.3. The van der Waals surface area contributed by atoms with Crippen LogP contribution in [-0.4, -0.2) is 9.97 Å². The summed E-state index contributed by atoms with van der Waals surface area (Å²) in [4.78, 5) is 9.22. The average molecular weight is 278 g/mol. The van der Waals surface area contributed by atoms with Crippen molar-refractivity contribution in [2.24, 2.45) is 5.84 Å². The number of para-hydroxylation sites is 1. The van der Waals surface area contributed by atoms with Crippen LogP contribution in [0.5, 0.6) is 0 Å². The Morgan fingerprint density at radius 1 is 1.00 bits per heavy atom. The zero-order chi connectivity index (χ0) is 14.7. The molecule has 2 aromatic heterocycles. The Morgan fingerprint density at radius 3 is 2.67 bits per heavy atom. The third kappa shape index (κ3) is 3.07. The van der Waals surface area contributed by atoms with E-state index < -0.39 is 0 Å². The molecule has 3 aromatic rings. The molecule has 0 saturated carbocycles. The number of fused-ring (bicyclic) bond motifs is 1. The predicted octanol–water partition coefficient (Wildman–Crippen LogP) is 2.69. The molecule has 1 aromatic carbocycles. The molecule has 3 N–H and O–H groups in total. The van der Waals surface area contributed by atoms with Gasteiger partial charge in [0, 0.05) is 23.2 Å². The number of rotatable bonds is 4. The molecule has 0 bridgehead atoms. The fourth-order valence-electron chi connectivity index (χ4n) is 2.44. The lowest BCUT2D eigenvalue weighted by Gasteiger charge is -2.15. The first kappa shape index (κ1) is 13.7. The van der Waals surface area contributed by atoms with Gasteiger partial charge in [0.05, 0.1) is 17.3 Å². The van der Waals surface area contributed by atoms with Gasteiger partial charge in [0.1, 0.15) is 0 Å². The lowest BCUT2D eigenvalue weighted by molar-refractivity contribution is 0.532. The van der Waals surface area contributed by atoms with Crippen molar-refractivity contribution in [3.63, 3.8) is 0 Å². The van der Waals surface area contributed by atoms with Crippen molar-refractivity contribution in [2.75, 3.05) is 0 Å². The summed E-state index contributed by atoms with van der Waals surface area (Å²) >= 11 is 0. The maximum atomic E-state index is 5.70. The van der Waals surface area contributed by atoms with Gasteiger partial charge in [-0.1, -0.05) is 30.3 Å². The molecule has 0 aliphatic carbocycles. The van der Waals surface area contributed by atoms with Gasteiger partial charge in [-0.05, 0) is 31.2 Å². The highest BCUT2D eigenvalue weighted by Crippen LogP contribution is 2.18. The van der Waals surface area contributed by atoms with E-state index in [2.05, 4.69) is 27.5 Å². The van der Waals surface area contributed by atoms with Crippen molar-refractivity contribution in [3.8, 4) is 0 Å². The zero-order valence-electron chi connectivity index (χ0n) is 12.0. The third-order valence-electron chi connectivity index (χ3n) is 3.54. The molecule has 4 nitrogen and oxygen atoms in total. The number of benzene rings is 1. The molecule has 0 radical (unpaired) electrons. The monoisotopic (exact) mass is 278 g/mol. The van der Waals surface area contributed by atoms with Gasteiger partial charge in [0.2, 0.25) is 0 Å². The fraction of sp³-hybridized carbons (Fsp3) is 0.176. The minimum absolute atomic E-state index is 0.0430. The van der Waals surface area contributed by atoms with Crippen LogP contribution in [0.25, 0.3) is 10.9 Å². The van der Waals surface area contributed by atoms with Crippen LogP contribution in [-0.2, 0) is 6.42 Å². The molecule has 1 unspecified atom stereocenters. The molecule has 0 fully saturated rings. The SMILES string of the molecule is Cc1cccc(C(Cc2ccc3ccccc3n2)NN)n1. The van der Waals surface area contributed by atoms with Crippen LogP contribution in [0, 0.1) is 6.92 Å². The second-order valence-corrected chi connectivity index (χ2v) is 5.12. The maximum Gasteiger partial charge on any atom is 0.0705 e. The van der Waals surface area contributed by atoms with Gasteiger partial charge in [-0.3, -0.25) is 21.2 Å². The summed E-state index contributed by atoms with van der Waals surface area (Å²) in [7, 11) is 0. The van der Waals surface area contributed by atoms with Crippen LogP contribution >= 0.6 is 0 Å². The number of hydrazine groups is 1. The lowest BCUT2D eigenvalue weighted by Crippen LogP contribution is -2.30. The third-order valence-corrected chi connectivity index (χ3v) is 3.54. The molecule has 106 valence electrons. The quantitative estimate of drug-likeness (QED) is 0.569. The van der Waals surface area contributed by atoms with E-state index in [1.54, 1.807) is 0 Å². The van der Waals surface area contributed by atoms with Gasteiger partial charge >= 0.3 is 0 Å². The Hall–Kier alpha value is -2.30. The van der Waals surface area contributed by atoms with Gasteiger partial charge in [0.15, 0.2) is 0 Å². The van der Waals surface area contributed by atoms with E-state index in [0.29, 0.717) is 6.42 Å². The molecule has 1 atom stereocenters. The second-order valence-electron chi connectivity index (χ2n) is 5.12. The molecule has 0 aliphatic rings. The summed E-state index contributed by atoms with van der Waals surface area (Å²) in [5, 5.41) is 1.15. The van der Waals surface area contributed by atoms with Gasteiger partial charge in [-0.2, -0.15) is 0 Å². The number of nitrogens with zero attached hydrogens (tertiary/aromatic N) is 2. The predicted molar refractivity (Wildman–Crippen MR) is 84.5 cm³/mol. The Morgan fingerprint density at radius 2 is 1.86 bits per heavy atom. The first-order valence-corrected chi connectivity index (χ1v) is 7.00. The van der Waals surface area contributed by atoms with Crippen molar-refractivity contribution in [3.05, 3.63) is 71.7 Å². The number of nitrogens with two attached hydrogens (primary N) is 1. The summed E-state index contributed by atoms with van der Waals surface area (Å²) in [6.45, 7) is 1.98. The van der Waals surface area contributed by atoms with Crippen molar-refractivity contribution >= 4 is 10.9 Å². The van der Waals surface area contributed by atoms with Gasteiger partial charge in [-0.25, -0.2) is 0 Å². The number of pyridine rings is 2. The normalized spacial score (nSPS) is 12.5. The number of hydrogen-bond acceptors (Lipinski definition) is 4. The Labute approximate surface area is 124 Å². The van der Waals surface area contributed by atoms with E-state index in [0.717, 1.165) is 28.0 Å². The summed E-state index contributed by atoms with van der Waals surface area (Å²) in [6, 6.07) is 18.2. The van der Waals surface area contributed by atoms with Crippen LogP contribution < -0.4 is 11.3 Å². The Balaban J connectivity index is 1.88. The van der Waals surface area contributed by atoms with Crippen LogP contribution in [0.1, 0.15) is 23.1 Å². The standard InChI is InChI=1S/C17H18N4/c1-12-5-4-8-16(19-12)17(21-18)11-14-10-9-13-6-2-3-7-15(13)20-14/h2-10,17,21H,11,18H2,1H3. The summed E-state index contributed by atoms with van der Waals surface area (Å²) in [5.74, 6) is 5.70. The first-order valence-electron chi connectivity index (χ1n) is 7.00. The highest BCUT2D eigenvalue weighted by molar-refractivity contribution is 5.78. The summed E-state index contributed by atoms with van der Waals surface area (Å²) < 4.78 is 0. The zero-order valence-corrected chi connectivity index (χ0v) is 12.0.